The topological polar surface area (TPSA) is 56.8 Å². The number of hydrogen-bond donors (Lipinski definition) is 1. The Hall–Kier alpha value is -2.69. The first-order valence-electron chi connectivity index (χ1n) is 8.77. The van der Waals surface area contributed by atoms with Crippen molar-refractivity contribution in [2.75, 3.05) is 7.11 Å². The Bertz CT molecular complexity index is 787. The highest BCUT2D eigenvalue weighted by Crippen LogP contribution is 2.39. The number of fused-ring (bicyclic) bond motifs is 1. The lowest BCUT2D eigenvalue weighted by Gasteiger charge is -2.38. The molecule has 0 aliphatic carbocycles. The second-order valence-corrected chi connectivity index (χ2v) is 7.10. The quantitative estimate of drug-likeness (QED) is 0.884. The fourth-order valence-corrected chi connectivity index (χ4v) is 3.15. The molecule has 1 heterocycles. The van der Waals surface area contributed by atoms with E-state index in [0.29, 0.717) is 17.9 Å². The maximum atomic E-state index is 12.7. The van der Waals surface area contributed by atoms with Crippen LogP contribution in [0.15, 0.2) is 48.5 Å². The highest BCUT2D eigenvalue weighted by atomic mass is 16.5. The molecule has 0 bridgehead atoms. The molecule has 1 amide bonds. The number of methoxy groups -OCH3 is 1. The SMILES string of the molecule is COc1cccc(O[C@H](C)C(=O)N[C@@H]2CC(C)(C)Oc3ccccc32)c1. The summed E-state index contributed by atoms with van der Waals surface area (Å²) in [5, 5.41) is 3.10. The Morgan fingerprint density at radius 3 is 2.69 bits per heavy atom. The molecule has 5 nitrogen and oxygen atoms in total. The zero-order chi connectivity index (χ0) is 18.7. The molecular weight excluding hydrogens is 330 g/mol. The van der Waals surface area contributed by atoms with Crippen LogP contribution in [0.25, 0.3) is 0 Å². The van der Waals surface area contributed by atoms with Crippen LogP contribution >= 0.6 is 0 Å². The average Bonchev–Trinajstić information content (AvgIpc) is 2.60. The number of rotatable bonds is 5. The molecule has 26 heavy (non-hydrogen) atoms. The van der Waals surface area contributed by atoms with Gasteiger partial charge in [0.05, 0.1) is 13.2 Å². The Balaban J connectivity index is 1.70. The van der Waals surface area contributed by atoms with E-state index in [1.165, 1.54) is 0 Å². The molecule has 0 unspecified atom stereocenters. The van der Waals surface area contributed by atoms with E-state index in [2.05, 4.69) is 5.32 Å². The third kappa shape index (κ3) is 4.10. The Morgan fingerprint density at radius 1 is 1.19 bits per heavy atom. The molecule has 2 aromatic rings. The lowest BCUT2D eigenvalue weighted by atomic mass is 9.89. The summed E-state index contributed by atoms with van der Waals surface area (Å²) >= 11 is 0. The molecule has 5 heteroatoms. The molecule has 2 atom stereocenters. The smallest absolute Gasteiger partial charge is 0.261 e. The molecule has 0 fully saturated rings. The maximum Gasteiger partial charge on any atom is 0.261 e. The minimum absolute atomic E-state index is 0.112. The predicted octanol–water partition coefficient (Wildman–Crippen LogP) is 3.88. The zero-order valence-corrected chi connectivity index (χ0v) is 15.6. The first kappa shape index (κ1) is 18.1. The van der Waals surface area contributed by atoms with Crippen molar-refractivity contribution >= 4 is 5.91 Å². The predicted molar refractivity (Wildman–Crippen MR) is 99.7 cm³/mol. The van der Waals surface area contributed by atoms with Crippen LogP contribution in [0, 0.1) is 0 Å². The van der Waals surface area contributed by atoms with E-state index in [1.54, 1.807) is 26.2 Å². The summed E-state index contributed by atoms with van der Waals surface area (Å²) in [5.74, 6) is 1.94. The number of hydrogen-bond acceptors (Lipinski definition) is 4. The molecular formula is C21H25NO4. The fraction of sp³-hybridized carbons (Fsp3) is 0.381. The van der Waals surface area contributed by atoms with Crippen molar-refractivity contribution in [2.45, 2.75) is 44.9 Å². The summed E-state index contributed by atoms with van der Waals surface area (Å²) in [6.45, 7) is 5.79. The summed E-state index contributed by atoms with van der Waals surface area (Å²) in [5.41, 5.74) is 0.650. The van der Waals surface area contributed by atoms with Gasteiger partial charge in [0.1, 0.15) is 22.8 Å². The molecule has 1 aliphatic heterocycles. The Labute approximate surface area is 154 Å². The highest BCUT2D eigenvalue weighted by molar-refractivity contribution is 5.81. The van der Waals surface area contributed by atoms with Gasteiger partial charge in [-0.2, -0.15) is 0 Å². The lowest BCUT2D eigenvalue weighted by molar-refractivity contribution is -0.128. The van der Waals surface area contributed by atoms with Crippen molar-refractivity contribution in [3.05, 3.63) is 54.1 Å². The molecule has 138 valence electrons. The number of carbonyl (C=O) groups excluding carboxylic acids is 1. The number of benzene rings is 2. The van der Waals surface area contributed by atoms with Crippen LogP contribution in [-0.4, -0.2) is 24.7 Å². The van der Waals surface area contributed by atoms with Crippen molar-refractivity contribution in [2.24, 2.45) is 0 Å². The summed E-state index contributed by atoms with van der Waals surface area (Å²) < 4.78 is 17.0. The van der Waals surface area contributed by atoms with E-state index in [1.807, 2.05) is 50.2 Å². The summed E-state index contributed by atoms with van der Waals surface area (Å²) in [4.78, 5) is 12.7. The second-order valence-electron chi connectivity index (χ2n) is 7.10. The zero-order valence-electron chi connectivity index (χ0n) is 15.6. The van der Waals surface area contributed by atoms with Gasteiger partial charge in [-0.1, -0.05) is 24.3 Å². The summed E-state index contributed by atoms with van der Waals surface area (Å²) in [7, 11) is 1.60. The Kier molecular flexibility index (Phi) is 5.07. The van der Waals surface area contributed by atoms with Gasteiger partial charge in [0.25, 0.3) is 5.91 Å². The normalized spacial score (nSPS) is 18.8. The van der Waals surface area contributed by atoms with Crippen LogP contribution in [0.2, 0.25) is 0 Å². The molecule has 0 spiro atoms. The maximum absolute atomic E-state index is 12.7. The van der Waals surface area contributed by atoms with Crippen LogP contribution in [0.1, 0.15) is 38.8 Å². The third-order valence-electron chi connectivity index (χ3n) is 4.42. The number of amides is 1. The van der Waals surface area contributed by atoms with Gasteiger partial charge < -0.3 is 19.5 Å². The number of para-hydroxylation sites is 1. The van der Waals surface area contributed by atoms with E-state index >= 15 is 0 Å². The van der Waals surface area contributed by atoms with Gasteiger partial charge in [-0.15, -0.1) is 0 Å². The van der Waals surface area contributed by atoms with Gasteiger partial charge in [0.15, 0.2) is 6.10 Å². The molecule has 0 aromatic heterocycles. The molecule has 0 radical (unpaired) electrons. The third-order valence-corrected chi connectivity index (χ3v) is 4.42. The van der Waals surface area contributed by atoms with E-state index in [9.17, 15) is 4.79 Å². The van der Waals surface area contributed by atoms with Gasteiger partial charge in [0.2, 0.25) is 0 Å². The van der Waals surface area contributed by atoms with E-state index in [0.717, 1.165) is 11.3 Å². The minimum atomic E-state index is -0.625. The summed E-state index contributed by atoms with van der Waals surface area (Å²) in [6, 6.07) is 14.9. The highest BCUT2D eigenvalue weighted by Gasteiger charge is 2.35. The molecule has 0 saturated heterocycles. The fourth-order valence-electron chi connectivity index (χ4n) is 3.15. The van der Waals surface area contributed by atoms with Crippen molar-refractivity contribution in [3.63, 3.8) is 0 Å². The molecule has 1 N–H and O–H groups in total. The van der Waals surface area contributed by atoms with Gasteiger partial charge in [-0.05, 0) is 39.0 Å². The van der Waals surface area contributed by atoms with Crippen LogP contribution < -0.4 is 19.5 Å². The first-order valence-corrected chi connectivity index (χ1v) is 8.77. The number of ether oxygens (including phenoxy) is 3. The van der Waals surface area contributed by atoms with Crippen LogP contribution in [0.4, 0.5) is 0 Å². The van der Waals surface area contributed by atoms with E-state index in [-0.39, 0.29) is 17.6 Å². The summed E-state index contributed by atoms with van der Waals surface area (Å²) in [6.07, 6.45) is 0.0713. The van der Waals surface area contributed by atoms with E-state index < -0.39 is 6.10 Å². The van der Waals surface area contributed by atoms with Gasteiger partial charge in [0, 0.05) is 18.1 Å². The van der Waals surface area contributed by atoms with Crippen LogP contribution in [0.3, 0.4) is 0 Å². The van der Waals surface area contributed by atoms with Crippen LogP contribution in [-0.2, 0) is 4.79 Å². The van der Waals surface area contributed by atoms with Gasteiger partial charge in [-0.25, -0.2) is 0 Å². The standard InChI is InChI=1S/C21H25NO4/c1-14(25-16-9-7-8-15(12-16)24-4)20(23)22-18-13-21(2,3)26-19-11-6-5-10-17(18)19/h5-12,14,18H,13H2,1-4H3,(H,22,23)/t14-,18-/m1/s1. The van der Waals surface area contributed by atoms with Crippen molar-refractivity contribution in [1.82, 2.24) is 5.32 Å². The van der Waals surface area contributed by atoms with Crippen LogP contribution in [0.5, 0.6) is 17.2 Å². The second kappa shape index (κ2) is 7.28. The minimum Gasteiger partial charge on any atom is -0.497 e. The first-order chi connectivity index (χ1) is 12.4. The molecule has 3 rings (SSSR count). The lowest BCUT2D eigenvalue weighted by Crippen LogP contribution is -2.44. The average molecular weight is 355 g/mol. The molecule has 2 aromatic carbocycles. The molecule has 1 aliphatic rings. The van der Waals surface area contributed by atoms with E-state index in [4.69, 9.17) is 14.2 Å². The van der Waals surface area contributed by atoms with Crippen molar-refractivity contribution < 1.29 is 19.0 Å². The monoisotopic (exact) mass is 355 g/mol. The number of nitrogens with one attached hydrogen (secondary N) is 1. The van der Waals surface area contributed by atoms with Gasteiger partial charge >= 0.3 is 0 Å². The Morgan fingerprint density at radius 2 is 1.92 bits per heavy atom. The van der Waals surface area contributed by atoms with Crippen molar-refractivity contribution in [1.29, 1.82) is 0 Å². The molecule has 0 saturated carbocycles. The number of carbonyl (C=O) groups is 1. The largest absolute Gasteiger partial charge is 0.497 e. The van der Waals surface area contributed by atoms with Crippen molar-refractivity contribution in [3.8, 4) is 17.2 Å². The van der Waals surface area contributed by atoms with Gasteiger partial charge in [-0.3, -0.25) is 4.79 Å².